The number of fused-ring (bicyclic) bond motifs is 1. The van der Waals surface area contributed by atoms with E-state index in [2.05, 4.69) is 9.88 Å². The summed E-state index contributed by atoms with van der Waals surface area (Å²) in [5.74, 6) is 0.846. The van der Waals surface area contributed by atoms with Crippen LogP contribution < -0.4 is 5.32 Å². The van der Waals surface area contributed by atoms with Crippen LogP contribution in [0.15, 0.2) is 48.5 Å². The Balaban J connectivity index is 1.47. The van der Waals surface area contributed by atoms with Gasteiger partial charge < -0.3 is 14.8 Å². The SMILES string of the molecule is Cc1ccc(C(=O)NCc2nc3ccccc3n2CCC(=O)N2CCCCCC2)cc1. The molecule has 1 aliphatic heterocycles. The fourth-order valence-electron chi connectivity index (χ4n) is 4.16. The predicted octanol–water partition coefficient (Wildman–Crippen LogP) is 4.07. The number of imidazole rings is 1. The molecule has 0 bridgehead atoms. The molecule has 1 N–H and O–H groups in total. The van der Waals surface area contributed by atoms with Crippen molar-refractivity contribution in [1.29, 1.82) is 0 Å². The first-order chi connectivity index (χ1) is 15.1. The van der Waals surface area contributed by atoms with Crippen LogP contribution in [0.3, 0.4) is 0 Å². The number of hydrogen-bond donors (Lipinski definition) is 1. The summed E-state index contributed by atoms with van der Waals surface area (Å²) in [6.07, 6.45) is 5.05. The summed E-state index contributed by atoms with van der Waals surface area (Å²) in [4.78, 5) is 32.1. The largest absolute Gasteiger partial charge is 0.345 e. The Bertz CT molecular complexity index is 1050. The van der Waals surface area contributed by atoms with Gasteiger partial charge in [-0.05, 0) is 44.0 Å². The zero-order valence-electron chi connectivity index (χ0n) is 18.1. The van der Waals surface area contributed by atoms with Crippen molar-refractivity contribution in [2.24, 2.45) is 0 Å². The minimum absolute atomic E-state index is 0.126. The van der Waals surface area contributed by atoms with Crippen LogP contribution in [0.25, 0.3) is 11.0 Å². The van der Waals surface area contributed by atoms with Gasteiger partial charge >= 0.3 is 0 Å². The lowest BCUT2D eigenvalue weighted by atomic mass is 10.1. The number of amides is 2. The first-order valence-corrected chi connectivity index (χ1v) is 11.2. The number of carbonyl (C=O) groups is 2. The van der Waals surface area contributed by atoms with E-state index in [0.717, 1.165) is 48.4 Å². The van der Waals surface area contributed by atoms with Gasteiger partial charge in [0, 0.05) is 31.6 Å². The van der Waals surface area contributed by atoms with Crippen molar-refractivity contribution in [2.45, 2.75) is 52.1 Å². The van der Waals surface area contributed by atoms with Crippen LogP contribution in [-0.4, -0.2) is 39.4 Å². The Morgan fingerprint density at radius 3 is 2.42 bits per heavy atom. The maximum absolute atomic E-state index is 12.8. The van der Waals surface area contributed by atoms with Crippen LogP contribution >= 0.6 is 0 Å². The Morgan fingerprint density at radius 2 is 1.68 bits per heavy atom. The molecule has 0 saturated carbocycles. The number of benzene rings is 2. The van der Waals surface area contributed by atoms with Gasteiger partial charge in [0.1, 0.15) is 5.82 Å². The number of likely N-dealkylation sites (tertiary alicyclic amines) is 1. The van der Waals surface area contributed by atoms with E-state index >= 15 is 0 Å². The minimum Gasteiger partial charge on any atom is -0.345 e. The second-order valence-corrected chi connectivity index (χ2v) is 8.26. The third kappa shape index (κ3) is 5.13. The first-order valence-electron chi connectivity index (χ1n) is 11.2. The van der Waals surface area contributed by atoms with E-state index in [0.29, 0.717) is 25.1 Å². The number of hydrogen-bond acceptors (Lipinski definition) is 3. The summed E-state index contributed by atoms with van der Waals surface area (Å²) in [5, 5.41) is 2.98. The molecule has 0 aliphatic carbocycles. The van der Waals surface area contributed by atoms with Crippen molar-refractivity contribution in [3.05, 3.63) is 65.5 Å². The van der Waals surface area contributed by atoms with Gasteiger partial charge in [-0.3, -0.25) is 9.59 Å². The third-order valence-corrected chi connectivity index (χ3v) is 5.96. The Morgan fingerprint density at radius 1 is 0.968 bits per heavy atom. The fourth-order valence-corrected chi connectivity index (χ4v) is 4.16. The van der Waals surface area contributed by atoms with Gasteiger partial charge in [0.15, 0.2) is 0 Å². The highest BCUT2D eigenvalue weighted by Crippen LogP contribution is 2.18. The normalized spacial score (nSPS) is 14.4. The summed E-state index contributed by atoms with van der Waals surface area (Å²) in [5.41, 5.74) is 3.62. The Kier molecular flexibility index (Phi) is 6.65. The summed E-state index contributed by atoms with van der Waals surface area (Å²) >= 11 is 0. The second-order valence-electron chi connectivity index (χ2n) is 8.26. The number of aryl methyl sites for hydroxylation is 2. The number of carbonyl (C=O) groups excluding carboxylic acids is 2. The summed E-state index contributed by atoms with van der Waals surface area (Å²) in [6.45, 7) is 4.60. The highest BCUT2D eigenvalue weighted by atomic mass is 16.2. The molecule has 1 aromatic heterocycles. The molecular weight excluding hydrogens is 388 g/mol. The highest BCUT2D eigenvalue weighted by Gasteiger charge is 2.18. The van der Waals surface area contributed by atoms with Crippen molar-refractivity contribution in [3.8, 4) is 0 Å². The standard InChI is InChI=1S/C25H30N4O2/c1-19-10-12-20(13-11-19)25(31)26-18-23-27-21-8-4-5-9-22(21)29(23)17-14-24(30)28-15-6-2-3-7-16-28/h4-5,8-13H,2-3,6-7,14-18H2,1H3,(H,26,31). The number of nitrogens with zero attached hydrogens (tertiary/aromatic N) is 3. The lowest BCUT2D eigenvalue weighted by Crippen LogP contribution is -2.32. The number of para-hydroxylation sites is 2. The van der Waals surface area contributed by atoms with Gasteiger partial charge in [-0.1, -0.05) is 42.7 Å². The number of aromatic nitrogens is 2. The van der Waals surface area contributed by atoms with Gasteiger partial charge in [0.2, 0.25) is 5.91 Å². The van der Waals surface area contributed by atoms with E-state index in [1.807, 2.05) is 60.4 Å². The Labute approximate surface area is 183 Å². The number of rotatable bonds is 6. The lowest BCUT2D eigenvalue weighted by Gasteiger charge is -2.20. The Hall–Kier alpha value is -3.15. The predicted molar refractivity (Wildman–Crippen MR) is 122 cm³/mol. The smallest absolute Gasteiger partial charge is 0.251 e. The molecular formula is C25H30N4O2. The van der Waals surface area contributed by atoms with Crippen LogP contribution in [-0.2, 0) is 17.9 Å². The topological polar surface area (TPSA) is 67.2 Å². The average Bonchev–Trinajstić information content (AvgIpc) is 2.94. The summed E-state index contributed by atoms with van der Waals surface area (Å²) in [6, 6.07) is 15.4. The maximum atomic E-state index is 12.8. The molecule has 1 saturated heterocycles. The second kappa shape index (κ2) is 9.77. The summed E-state index contributed by atoms with van der Waals surface area (Å²) in [7, 11) is 0. The van der Waals surface area contributed by atoms with Crippen LogP contribution in [0.5, 0.6) is 0 Å². The molecule has 0 radical (unpaired) electrons. The molecule has 1 fully saturated rings. The molecule has 2 amide bonds. The molecule has 31 heavy (non-hydrogen) atoms. The van der Waals surface area contributed by atoms with E-state index < -0.39 is 0 Å². The van der Waals surface area contributed by atoms with Crippen molar-refractivity contribution < 1.29 is 9.59 Å². The molecule has 0 atom stereocenters. The molecule has 1 aliphatic rings. The highest BCUT2D eigenvalue weighted by molar-refractivity contribution is 5.94. The van der Waals surface area contributed by atoms with E-state index in [1.165, 1.54) is 12.8 Å². The molecule has 4 rings (SSSR count). The third-order valence-electron chi connectivity index (χ3n) is 5.96. The lowest BCUT2D eigenvalue weighted by molar-refractivity contribution is -0.131. The molecule has 3 aromatic rings. The molecule has 162 valence electrons. The zero-order valence-corrected chi connectivity index (χ0v) is 18.1. The zero-order chi connectivity index (χ0) is 21.6. The van der Waals surface area contributed by atoms with E-state index in [1.54, 1.807) is 0 Å². The first kappa shape index (κ1) is 21.1. The van der Waals surface area contributed by atoms with Gasteiger partial charge in [0.05, 0.1) is 17.6 Å². The minimum atomic E-state index is -0.126. The van der Waals surface area contributed by atoms with Gasteiger partial charge in [-0.2, -0.15) is 0 Å². The number of nitrogens with one attached hydrogen (secondary N) is 1. The van der Waals surface area contributed by atoms with E-state index in [4.69, 9.17) is 4.98 Å². The summed E-state index contributed by atoms with van der Waals surface area (Å²) < 4.78 is 2.07. The van der Waals surface area contributed by atoms with Crippen molar-refractivity contribution in [2.75, 3.05) is 13.1 Å². The maximum Gasteiger partial charge on any atom is 0.251 e. The quantitative estimate of drug-likeness (QED) is 0.656. The fraction of sp³-hybridized carbons (Fsp3) is 0.400. The van der Waals surface area contributed by atoms with Gasteiger partial charge in [-0.25, -0.2) is 4.98 Å². The van der Waals surface area contributed by atoms with Crippen LogP contribution in [0.2, 0.25) is 0 Å². The van der Waals surface area contributed by atoms with Crippen LogP contribution in [0.4, 0.5) is 0 Å². The van der Waals surface area contributed by atoms with E-state index in [-0.39, 0.29) is 11.8 Å². The van der Waals surface area contributed by atoms with E-state index in [9.17, 15) is 9.59 Å². The van der Waals surface area contributed by atoms with Gasteiger partial charge in [-0.15, -0.1) is 0 Å². The molecule has 0 spiro atoms. The van der Waals surface area contributed by atoms with Crippen molar-refractivity contribution >= 4 is 22.8 Å². The van der Waals surface area contributed by atoms with Crippen LogP contribution in [0, 0.1) is 6.92 Å². The van der Waals surface area contributed by atoms with Crippen LogP contribution in [0.1, 0.15) is 53.8 Å². The van der Waals surface area contributed by atoms with Gasteiger partial charge in [0.25, 0.3) is 5.91 Å². The van der Waals surface area contributed by atoms with Crippen molar-refractivity contribution in [3.63, 3.8) is 0 Å². The molecule has 2 aromatic carbocycles. The molecule has 6 nitrogen and oxygen atoms in total. The average molecular weight is 419 g/mol. The molecule has 0 unspecified atom stereocenters. The monoisotopic (exact) mass is 418 g/mol. The van der Waals surface area contributed by atoms with Crippen molar-refractivity contribution in [1.82, 2.24) is 19.8 Å². The molecule has 6 heteroatoms. The molecule has 2 heterocycles.